The maximum absolute atomic E-state index is 12.9. The number of aldehydes is 1. The van der Waals surface area contributed by atoms with Crippen LogP contribution < -0.4 is 0 Å². The first-order valence-corrected chi connectivity index (χ1v) is 9.20. The van der Waals surface area contributed by atoms with Gasteiger partial charge in [-0.3, -0.25) is 9.69 Å². The Morgan fingerprint density at radius 3 is 2.92 bits per heavy atom. The molecule has 0 aliphatic carbocycles. The Kier molecular flexibility index (Phi) is 3.23. The van der Waals surface area contributed by atoms with Gasteiger partial charge in [-0.2, -0.15) is 0 Å². The van der Waals surface area contributed by atoms with Gasteiger partial charge in [-0.1, -0.05) is 29.8 Å². The molecule has 5 heteroatoms. The standard InChI is InChI=1S/C21H22N2O3/c1-3-12-10-23-17-9-15(12)21(11-24,20(25)26-2)18(23)8-14-13-6-4-5-7-16(13)22-19(14)17/h3-7,11,15,17-18,22H,8-10H2,1-2H3/b12-3-/t15-,17+,18+,21-/m1/s1. The Bertz CT molecular complexity index is 959. The summed E-state index contributed by atoms with van der Waals surface area (Å²) in [4.78, 5) is 31.2. The summed E-state index contributed by atoms with van der Waals surface area (Å²) in [5.41, 5.74) is 3.70. The lowest BCUT2D eigenvalue weighted by Gasteiger charge is -2.61. The van der Waals surface area contributed by atoms with Crippen molar-refractivity contribution in [2.45, 2.75) is 31.8 Å². The second kappa shape index (κ2) is 5.30. The fourth-order valence-corrected chi connectivity index (χ4v) is 5.72. The fraction of sp³-hybridized carbons (Fsp3) is 0.429. The van der Waals surface area contributed by atoms with Gasteiger partial charge in [0, 0.05) is 35.1 Å². The molecule has 134 valence electrons. The number of carbonyl (C=O) groups excluding carboxylic acids is 2. The number of piperidine rings is 3. The summed E-state index contributed by atoms with van der Waals surface area (Å²) in [6.45, 7) is 2.81. The number of nitrogens with one attached hydrogen (secondary N) is 1. The smallest absolute Gasteiger partial charge is 0.321 e. The lowest BCUT2D eigenvalue weighted by Crippen LogP contribution is -2.69. The molecule has 2 aromatic rings. The first-order valence-electron chi connectivity index (χ1n) is 9.20. The molecule has 6 rings (SSSR count). The molecule has 0 radical (unpaired) electrons. The predicted molar refractivity (Wildman–Crippen MR) is 97.6 cm³/mol. The average Bonchev–Trinajstić information content (AvgIpc) is 3.06. The largest absolute Gasteiger partial charge is 0.468 e. The quantitative estimate of drug-likeness (QED) is 0.392. The van der Waals surface area contributed by atoms with Gasteiger partial charge < -0.3 is 14.5 Å². The van der Waals surface area contributed by atoms with Crippen molar-refractivity contribution in [2.24, 2.45) is 11.3 Å². The summed E-state index contributed by atoms with van der Waals surface area (Å²) in [5.74, 6) is -0.481. The summed E-state index contributed by atoms with van der Waals surface area (Å²) in [7, 11) is 1.39. The molecule has 4 aliphatic rings. The van der Waals surface area contributed by atoms with Gasteiger partial charge in [0.1, 0.15) is 11.7 Å². The summed E-state index contributed by atoms with van der Waals surface area (Å²) in [6.07, 6.45) is 4.40. The van der Waals surface area contributed by atoms with Crippen LogP contribution in [0, 0.1) is 11.3 Å². The lowest BCUT2D eigenvalue weighted by molar-refractivity contribution is -0.176. The number of hydrogen-bond acceptors (Lipinski definition) is 4. The molecular formula is C21H22N2O3. The normalized spacial score (nSPS) is 36.2. The highest BCUT2D eigenvalue weighted by molar-refractivity contribution is 5.96. The minimum absolute atomic E-state index is 0.0861. The number of allylic oxidation sites excluding steroid dienone is 1. The zero-order valence-electron chi connectivity index (χ0n) is 15.0. The highest BCUT2D eigenvalue weighted by Crippen LogP contribution is 2.59. The molecule has 1 aromatic heterocycles. The third-order valence-corrected chi connectivity index (χ3v) is 6.88. The van der Waals surface area contributed by atoms with Crippen LogP contribution in [0.15, 0.2) is 35.9 Å². The monoisotopic (exact) mass is 350 g/mol. The highest BCUT2D eigenvalue weighted by atomic mass is 16.5. The van der Waals surface area contributed by atoms with Gasteiger partial charge in [-0.25, -0.2) is 0 Å². The van der Waals surface area contributed by atoms with E-state index in [4.69, 9.17) is 4.74 Å². The van der Waals surface area contributed by atoms with E-state index >= 15 is 0 Å². The molecule has 0 amide bonds. The fourth-order valence-electron chi connectivity index (χ4n) is 5.72. The number of methoxy groups -OCH3 is 1. The highest BCUT2D eigenvalue weighted by Gasteiger charge is 2.65. The predicted octanol–water partition coefficient (Wildman–Crippen LogP) is 2.77. The molecule has 1 aromatic carbocycles. The van der Waals surface area contributed by atoms with Crippen LogP contribution in [0.1, 0.15) is 30.6 Å². The van der Waals surface area contributed by atoms with Gasteiger partial charge in [0.15, 0.2) is 0 Å². The molecule has 3 saturated heterocycles. The molecule has 5 atom stereocenters. The SMILES string of the molecule is C/C=C1/CN2[C@H]3Cc4c([nH]c5ccccc45)[C@@H]2C[C@H]1[C@@]3(C=O)C(=O)OC. The lowest BCUT2D eigenvalue weighted by atomic mass is 9.55. The zero-order chi connectivity index (χ0) is 18.1. The molecule has 1 unspecified atom stereocenters. The number of fused-ring (bicyclic) bond motifs is 4. The van der Waals surface area contributed by atoms with E-state index < -0.39 is 11.4 Å². The molecule has 26 heavy (non-hydrogen) atoms. The molecule has 3 fully saturated rings. The number of hydrogen-bond donors (Lipinski definition) is 1. The van der Waals surface area contributed by atoms with Gasteiger partial charge in [-0.05, 0) is 31.4 Å². The number of nitrogens with zero attached hydrogens (tertiary/aromatic N) is 1. The van der Waals surface area contributed by atoms with E-state index in [2.05, 4.69) is 28.1 Å². The molecule has 0 saturated carbocycles. The van der Waals surface area contributed by atoms with E-state index in [9.17, 15) is 9.59 Å². The molecule has 1 N–H and O–H groups in total. The van der Waals surface area contributed by atoms with Crippen molar-refractivity contribution in [2.75, 3.05) is 13.7 Å². The summed E-state index contributed by atoms with van der Waals surface area (Å²) >= 11 is 0. The van der Waals surface area contributed by atoms with Gasteiger partial charge >= 0.3 is 5.97 Å². The van der Waals surface area contributed by atoms with Crippen LogP contribution in [0.3, 0.4) is 0 Å². The van der Waals surface area contributed by atoms with Crippen molar-refractivity contribution in [3.63, 3.8) is 0 Å². The number of rotatable bonds is 2. The number of benzene rings is 1. The van der Waals surface area contributed by atoms with Crippen LogP contribution >= 0.6 is 0 Å². The Morgan fingerprint density at radius 1 is 1.38 bits per heavy atom. The number of esters is 1. The molecular weight excluding hydrogens is 328 g/mol. The number of aromatic nitrogens is 1. The van der Waals surface area contributed by atoms with Crippen molar-refractivity contribution in [3.8, 4) is 0 Å². The van der Waals surface area contributed by atoms with Gasteiger partial charge in [-0.15, -0.1) is 0 Å². The Labute approximate surface area is 152 Å². The third-order valence-electron chi connectivity index (χ3n) is 6.88. The topological polar surface area (TPSA) is 62.4 Å². The zero-order valence-corrected chi connectivity index (χ0v) is 15.0. The molecule has 4 bridgehead atoms. The summed E-state index contributed by atoms with van der Waals surface area (Å²) < 4.78 is 5.15. The molecule has 5 nitrogen and oxygen atoms in total. The van der Waals surface area contributed by atoms with Crippen LogP contribution in [0.5, 0.6) is 0 Å². The Hall–Kier alpha value is -2.40. The van der Waals surface area contributed by atoms with Crippen LogP contribution in [-0.4, -0.2) is 41.8 Å². The number of aromatic amines is 1. The maximum Gasteiger partial charge on any atom is 0.321 e. The van der Waals surface area contributed by atoms with Crippen molar-refractivity contribution < 1.29 is 14.3 Å². The second-order valence-corrected chi connectivity index (χ2v) is 7.67. The second-order valence-electron chi connectivity index (χ2n) is 7.67. The van der Waals surface area contributed by atoms with Gasteiger partial charge in [0.25, 0.3) is 0 Å². The number of para-hydroxylation sites is 1. The van der Waals surface area contributed by atoms with Crippen LogP contribution in [0.4, 0.5) is 0 Å². The van der Waals surface area contributed by atoms with Crippen molar-refractivity contribution in [1.29, 1.82) is 0 Å². The summed E-state index contributed by atoms with van der Waals surface area (Å²) in [6, 6.07) is 8.37. The van der Waals surface area contributed by atoms with E-state index in [0.29, 0.717) is 6.42 Å². The molecule has 4 aliphatic heterocycles. The van der Waals surface area contributed by atoms with Crippen molar-refractivity contribution in [3.05, 3.63) is 47.2 Å². The van der Waals surface area contributed by atoms with E-state index in [-0.39, 0.29) is 18.0 Å². The third kappa shape index (κ3) is 1.69. The Balaban J connectivity index is 1.74. The number of carbonyl (C=O) groups is 2. The number of H-pyrrole nitrogens is 1. The van der Waals surface area contributed by atoms with Crippen molar-refractivity contribution >= 4 is 23.2 Å². The van der Waals surface area contributed by atoms with E-state index in [0.717, 1.165) is 24.8 Å². The average molecular weight is 350 g/mol. The van der Waals surface area contributed by atoms with Crippen LogP contribution in [-0.2, 0) is 20.7 Å². The van der Waals surface area contributed by atoms with Gasteiger partial charge in [0.05, 0.1) is 13.2 Å². The van der Waals surface area contributed by atoms with Crippen LogP contribution in [0.25, 0.3) is 10.9 Å². The maximum atomic E-state index is 12.9. The van der Waals surface area contributed by atoms with Crippen LogP contribution in [0.2, 0.25) is 0 Å². The van der Waals surface area contributed by atoms with E-state index in [1.165, 1.54) is 29.3 Å². The first kappa shape index (κ1) is 15.8. The Morgan fingerprint density at radius 2 is 2.19 bits per heavy atom. The van der Waals surface area contributed by atoms with Gasteiger partial charge in [0.2, 0.25) is 0 Å². The number of ether oxygens (including phenoxy) is 1. The minimum atomic E-state index is -1.11. The van der Waals surface area contributed by atoms with E-state index in [1.807, 2.05) is 19.1 Å². The summed E-state index contributed by atoms with van der Waals surface area (Å²) in [5, 5.41) is 1.20. The molecule has 0 spiro atoms. The minimum Gasteiger partial charge on any atom is -0.468 e. The molecule has 5 heterocycles. The van der Waals surface area contributed by atoms with Crippen molar-refractivity contribution in [1.82, 2.24) is 9.88 Å². The van der Waals surface area contributed by atoms with E-state index in [1.54, 1.807) is 0 Å². The first-order chi connectivity index (χ1) is 12.7.